The van der Waals surface area contributed by atoms with Crippen molar-refractivity contribution >= 4 is 11.8 Å². The van der Waals surface area contributed by atoms with Crippen LogP contribution in [-0.2, 0) is 11.8 Å². The van der Waals surface area contributed by atoms with Gasteiger partial charge in [0.15, 0.2) is 0 Å². The molecular formula is C24H34N2O2. The molecule has 0 amide bonds. The van der Waals surface area contributed by atoms with Crippen LogP contribution < -0.4 is 15.4 Å². The summed E-state index contributed by atoms with van der Waals surface area (Å²) in [4.78, 5) is 13.8. The zero-order chi connectivity index (χ0) is 21.2. The minimum Gasteiger partial charge on any atom is -0.545 e. The van der Waals surface area contributed by atoms with Crippen molar-refractivity contribution in [2.45, 2.75) is 53.4 Å². The number of benzene rings is 2. The van der Waals surface area contributed by atoms with E-state index in [9.17, 15) is 9.90 Å². The number of hydrogen-bond acceptors (Lipinski definition) is 2. The first kappa shape index (κ1) is 23.4. The zero-order valence-corrected chi connectivity index (χ0v) is 18.1. The molecule has 2 aromatic carbocycles. The number of carboxylic acids is 1. The number of carboxylic acid groups (broad SMARTS) is 1. The lowest BCUT2D eigenvalue weighted by Crippen LogP contribution is -2.75. The molecule has 0 bridgehead atoms. The molecule has 0 fully saturated rings. The summed E-state index contributed by atoms with van der Waals surface area (Å²) in [5.41, 5.74) is 4.03. The lowest BCUT2D eigenvalue weighted by Gasteiger charge is -2.19. The Morgan fingerprint density at radius 2 is 1.46 bits per heavy atom. The van der Waals surface area contributed by atoms with Gasteiger partial charge in [0.1, 0.15) is 0 Å². The molecule has 0 aliphatic heterocycles. The van der Waals surface area contributed by atoms with Crippen molar-refractivity contribution in [3.8, 4) is 0 Å². The lowest BCUT2D eigenvalue weighted by molar-refractivity contribution is -0.454. The summed E-state index contributed by atoms with van der Waals surface area (Å²) in [7, 11) is 0. The Morgan fingerprint density at radius 3 is 1.86 bits per heavy atom. The Morgan fingerprint density at radius 1 is 0.929 bits per heavy atom. The van der Waals surface area contributed by atoms with Crippen LogP contribution >= 0.6 is 0 Å². The van der Waals surface area contributed by atoms with Crippen molar-refractivity contribution < 1.29 is 14.9 Å². The molecule has 4 heteroatoms. The first-order chi connectivity index (χ1) is 13.2. The van der Waals surface area contributed by atoms with E-state index in [0.29, 0.717) is 0 Å². The topological polar surface area (TPSA) is 66.1 Å². The molecule has 2 N–H and O–H groups in total. The molecule has 0 aromatic heterocycles. The van der Waals surface area contributed by atoms with Crippen LogP contribution in [0.1, 0.15) is 68.6 Å². The molecule has 0 atom stereocenters. The average Bonchev–Trinajstić information content (AvgIpc) is 2.68. The highest BCUT2D eigenvalue weighted by Gasteiger charge is 2.12. The quantitative estimate of drug-likeness (QED) is 0.614. The van der Waals surface area contributed by atoms with Crippen LogP contribution in [0.4, 0.5) is 0 Å². The van der Waals surface area contributed by atoms with Crippen molar-refractivity contribution in [1.82, 2.24) is 5.32 Å². The van der Waals surface area contributed by atoms with Crippen LogP contribution in [-0.4, -0.2) is 24.9 Å². The van der Waals surface area contributed by atoms with E-state index in [2.05, 4.69) is 76.1 Å². The molecule has 0 heterocycles. The molecular weight excluding hydrogens is 348 g/mol. The Balaban J connectivity index is 0.000000283. The minimum absolute atomic E-state index is 0.0600. The third kappa shape index (κ3) is 7.55. The number of rotatable bonds is 5. The molecule has 0 aliphatic rings. The number of amidine groups is 1. The second-order valence-corrected chi connectivity index (χ2v) is 7.60. The maximum Gasteiger partial charge on any atom is 0.274 e. The van der Waals surface area contributed by atoms with E-state index in [1.807, 2.05) is 12.1 Å². The summed E-state index contributed by atoms with van der Waals surface area (Å²) in [5.74, 6) is 0.00288. The zero-order valence-electron chi connectivity index (χ0n) is 18.1. The van der Waals surface area contributed by atoms with Gasteiger partial charge in [0, 0.05) is 0 Å². The fourth-order valence-corrected chi connectivity index (χ4v) is 2.63. The molecule has 2 aromatic rings. The van der Waals surface area contributed by atoms with E-state index in [0.717, 1.165) is 30.9 Å². The summed E-state index contributed by atoms with van der Waals surface area (Å²) >= 11 is 0. The van der Waals surface area contributed by atoms with Crippen molar-refractivity contribution in [3.63, 3.8) is 0 Å². The van der Waals surface area contributed by atoms with Crippen LogP contribution in [0.25, 0.3) is 0 Å². The van der Waals surface area contributed by atoms with Gasteiger partial charge >= 0.3 is 0 Å². The molecule has 0 aliphatic carbocycles. The third-order valence-electron chi connectivity index (χ3n) is 4.34. The lowest BCUT2D eigenvalue weighted by atomic mass is 9.87. The highest BCUT2D eigenvalue weighted by molar-refractivity contribution is 5.94. The largest absolute Gasteiger partial charge is 0.545 e. The monoisotopic (exact) mass is 382 g/mol. The van der Waals surface area contributed by atoms with E-state index in [1.54, 1.807) is 12.1 Å². The predicted octanol–water partition coefficient (Wildman–Crippen LogP) is 2.05. The molecule has 0 unspecified atom stereocenters. The number of aromatic carboxylic acids is 1. The average molecular weight is 383 g/mol. The van der Waals surface area contributed by atoms with Crippen LogP contribution in [0.3, 0.4) is 0 Å². The highest BCUT2D eigenvalue weighted by Crippen LogP contribution is 2.21. The van der Waals surface area contributed by atoms with Crippen LogP contribution in [0.5, 0.6) is 0 Å². The Labute approximate surface area is 169 Å². The molecule has 152 valence electrons. The van der Waals surface area contributed by atoms with E-state index in [4.69, 9.17) is 0 Å². The van der Waals surface area contributed by atoms with Crippen molar-refractivity contribution in [1.29, 1.82) is 0 Å². The van der Waals surface area contributed by atoms with E-state index >= 15 is 0 Å². The van der Waals surface area contributed by atoms with Gasteiger partial charge in [-0.2, -0.15) is 0 Å². The molecule has 0 saturated heterocycles. The van der Waals surface area contributed by atoms with Crippen LogP contribution in [0, 0.1) is 0 Å². The summed E-state index contributed by atoms with van der Waals surface area (Å²) in [6, 6.07) is 15.5. The van der Waals surface area contributed by atoms with Crippen molar-refractivity contribution in [2.24, 2.45) is 0 Å². The Kier molecular flexibility index (Phi) is 9.43. The molecule has 0 radical (unpaired) electrons. The summed E-state index contributed by atoms with van der Waals surface area (Å²) < 4.78 is 0. The number of carbonyl (C=O) groups excluding carboxylic acids is 1. The van der Waals surface area contributed by atoms with Gasteiger partial charge in [0.25, 0.3) is 5.84 Å². The maximum atomic E-state index is 10.5. The first-order valence-electron chi connectivity index (χ1n) is 9.98. The van der Waals surface area contributed by atoms with Gasteiger partial charge < -0.3 is 9.90 Å². The standard InChI is InChI=1S/C13H20N2.C11H14O2/c1-4-11-7-9-12(10-8-11)13(14-5-2)15-6-3;1-11(2,3)9-6-4-8(5-7-9)10(12)13/h7-10H,4-6H2,1-3H3,(H,14,15);4-7H,1-3H3,(H,12,13). The fourth-order valence-electron chi connectivity index (χ4n) is 2.63. The number of nitrogens with one attached hydrogen (secondary N) is 2. The second-order valence-electron chi connectivity index (χ2n) is 7.60. The predicted molar refractivity (Wildman–Crippen MR) is 115 cm³/mol. The summed E-state index contributed by atoms with van der Waals surface area (Å²) in [6.45, 7) is 14.5. The third-order valence-corrected chi connectivity index (χ3v) is 4.34. The summed E-state index contributed by atoms with van der Waals surface area (Å²) in [5, 5.41) is 13.8. The maximum absolute atomic E-state index is 10.5. The van der Waals surface area contributed by atoms with Gasteiger partial charge in [-0.05, 0) is 54.5 Å². The van der Waals surface area contributed by atoms with E-state index in [1.165, 1.54) is 11.1 Å². The smallest absolute Gasteiger partial charge is 0.274 e. The first-order valence-corrected chi connectivity index (χ1v) is 9.98. The number of hydrogen-bond donors (Lipinski definition) is 2. The fraction of sp³-hybridized carbons (Fsp3) is 0.417. The Bertz CT molecular complexity index is 755. The van der Waals surface area contributed by atoms with Crippen LogP contribution in [0.2, 0.25) is 0 Å². The van der Waals surface area contributed by atoms with Crippen LogP contribution in [0.15, 0.2) is 48.5 Å². The number of aryl methyl sites for hydroxylation is 1. The Hall–Kier alpha value is -2.62. The molecule has 28 heavy (non-hydrogen) atoms. The van der Waals surface area contributed by atoms with Gasteiger partial charge in [-0.15, -0.1) is 0 Å². The van der Waals surface area contributed by atoms with Gasteiger partial charge in [0.05, 0.1) is 24.6 Å². The van der Waals surface area contributed by atoms with Crippen molar-refractivity contribution in [3.05, 3.63) is 70.8 Å². The highest BCUT2D eigenvalue weighted by atomic mass is 16.4. The van der Waals surface area contributed by atoms with Gasteiger partial charge in [-0.25, -0.2) is 0 Å². The molecule has 0 saturated carbocycles. The molecule has 4 nitrogen and oxygen atoms in total. The van der Waals surface area contributed by atoms with Gasteiger partial charge in [-0.1, -0.05) is 64.1 Å². The van der Waals surface area contributed by atoms with Crippen molar-refractivity contribution in [2.75, 3.05) is 13.1 Å². The second kappa shape index (κ2) is 11.3. The minimum atomic E-state index is -1.12. The molecule has 0 spiro atoms. The van der Waals surface area contributed by atoms with Gasteiger partial charge in [0.2, 0.25) is 0 Å². The SMILES string of the molecule is CC(C)(C)c1ccc(C(=O)[O-])cc1.CCNC(=[NH+]CC)c1ccc(CC)cc1. The van der Waals surface area contributed by atoms with E-state index < -0.39 is 5.97 Å². The summed E-state index contributed by atoms with van der Waals surface area (Å²) in [6.07, 6.45) is 1.10. The number of carbonyl (C=O) groups is 1. The van der Waals surface area contributed by atoms with E-state index in [-0.39, 0.29) is 11.0 Å². The molecule has 2 rings (SSSR count). The normalized spacial score (nSPS) is 11.4. The van der Waals surface area contributed by atoms with Gasteiger partial charge in [-0.3, -0.25) is 10.3 Å².